The summed E-state index contributed by atoms with van der Waals surface area (Å²) in [5.74, 6) is 2.02. The first kappa shape index (κ1) is 25.4. The van der Waals surface area contributed by atoms with Gasteiger partial charge in [-0.3, -0.25) is 0 Å². The number of anilines is 1. The Bertz CT molecular complexity index is 1240. The van der Waals surface area contributed by atoms with Crippen LogP contribution in [0.3, 0.4) is 0 Å². The normalized spacial score (nSPS) is 15.1. The molecule has 184 valence electrons. The van der Waals surface area contributed by atoms with Crippen LogP contribution >= 0.6 is 25.3 Å². The highest BCUT2D eigenvalue weighted by Gasteiger charge is 2.27. The van der Waals surface area contributed by atoms with Gasteiger partial charge in [0.25, 0.3) is 0 Å². The first-order valence-corrected chi connectivity index (χ1v) is 12.8. The summed E-state index contributed by atoms with van der Waals surface area (Å²) < 4.78 is 15.2. The van der Waals surface area contributed by atoms with Crippen molar-refractivity contribution < 1.29 is 9.23 Å². The fourth-order valence-electron chi connectivity index (χ4n) is 4.29. The molecular weight excluding hydrogens is 481 g/mol. The minimum absolute atomic E-state index is 0.142. The van der Waals surface area contributed by atoms with E-state index < -0.39 is 0 Å². The number of nitrogens with zero attached hydrogens (tertiary/aromatic N) is 5. The summed E-state index contributed by atoms with van der Waals surface area (Å²) in [6.45, 7) is 9.73. The third-order valence-electron chi connectivity index (χ3n) is 6.17. The molecule has 2 aromatic carbocycles. The summed E-state index contributed by atoms with van der Waals surface area (Å²) in [4.78, 5) is 21.4. The number of rotatable bonds is 7. The van der Waals surface area contributed by atoms with E-state index in [1.165, 1.54) is 12.4 Å². The van der Waals surface area contributed by atoms with Gasteiger partial charge in [-0.1, -0.05) is 31.1 Å². The van der Waals surface area contributed by atoms with Crippen molar-refractivity contribution in [2.75, 3.05) is 24.6 Å². The predicted octanol–water partition coefficient (Wildman–Crippen LogP) is 6.06. The molecule has 1 aliphatic heterocycles. The third kappa shape index (κ3) is 5.62. The zero-order chi connectivity index (χ0) is 24.9. The molecule has 3 aromatic rings. The van der Waals surface area contributed by atoms with Crippen LogP contribution in [0.2, 0.25) is 0 Å². The molecule has 0 atom stereocenters. The number of fused-ring (bicyclic) bond motifs is 1. The minimum Gasteiger partial charge on any atom is -0.394 e. The van der Waals surface area contributed by atoms with Gasteiger partial charge in [-0.2, -0.15) is 12.6 Å². The van der Waals surface area contributed by atoms with Gasteiger partial charge in [0.2, 0.25) is 0 Å². The second-order valence-corrected chi connectivity index (χ2v) is 9.87. The first-order valence-electron chi connectivity index (χ1n) is 11.7. The van der Waals surface area contributed by atoms with E-state index in [1.54, 1.807) is 6.07 Å². The standard InChI is InChI=1S/C26H30FN5OS2/c1-16(2)13-33-31-25(28-3)17-8-10-32(11-9-17)26-23-21(27)7-6-20(24(23)29-15-30-26)18-4-5-19(14-34)22(35)12-18/h4-7,12,15-17,34-35H,3,8-11,13-14H2,1-2H3/b31-25-. The molecule has 0 radical (unpaired) electrons. The molecule has 35 heavy (non-hydrogen) atoms. The van der Waals surface area contributed by atoms with Crippen LogP contribution < -0.4 is 4.90 Å². The predicted molar refractivity (Wildman–Crippen MR) is 148 cm³/mol. The van der Waals surface area contributed by atoms with Crippen LogP contribution in [-0.4, -0.2) is 42.2 Å². The van der Waals surface area contributed by atoms with E-state index in [0.29, 0.717) is 53.9 Å². The van der Waals surface area contributed by atoms with Crippen molar-refractivity contribution in [3.8, 4) is 11.1 Å². The number of hydrogen-bond donors (Lipinski definition) is 2. The molecule has 0 aliphatic carbocycles. The van der Waals surface area contributed by atoms with E-state index in [9.17, 15) is 0 Å². The van der Waals surface area contributed by atoms with Crippen LogP contribution in [-0.2, 0) is 10.6 Å². The number of oxime groups is 1. The summed E-state index contributed by atoms with van der Waals surface area (Å²) in [5.41, 5.74) is 3.39. The molecule has 1 fully saturated rings. The molecule has 4 rings (SSSR count). The summed E-state index contributed by atoms with van der Waals surface area (Å²) in [7, 11) is 0. The number of piperidine rings is 1. The Labute approximate surface area is 216 Å². The Morgan fingerprint density at radius 1 is 1.23 bits per heavy atom. The largest absolute Gasteiger partial charge is 0.394 e. The Kier molecular flexibility index (Phi) is 8.28. The number of halogens is 1. The lowest BCUT2D eigenvalue weighted by Crippen LogP contribution is -2.36. The Hall–Kier alpha value is -2.65. The van der Waals surface area contributed by atoms with Crippen molar-refractivity contribution in [1.29, 1.82) is 0 Å². The number of aliphatic imine (C=N–C) groups is 1. The Morgan fingerprint density at radius 2 is 2.00 bits per heavy atom. The van der Waals surface area contributed by atoms with Gasteiger partial charge in [0.1, 0.15) is 24.6 Å². The molecular formula is C26H30FN5OS2. The van der Waals surface area contributed by atoms with Crippen molar-refractivity contribution in [1.82, 2.24) is 9.97 Å². The zero-order valence-electron chi connectivity index (χ0n) is 20.0. The minimum atomic E-state index is -0.336. The average molecular weight is 512 g/mol. The Balaban J connectivity index is 1.61. The van der Waals surface area contributed by atoms with Crippen molar-refractivity contribution >= 4 is 54.5 Å². The van der Waals surface area contributed by atoms with Crippen LogP contribution in [0, 0.1) is 17.7 Å². The number of hydrogen-bond acceptors (Lipinski definition) is 7. The van der Waals surface area contributed by atoms with Gasteiger partial charge in [0.15, 0.2) is 5.84 Å². The van der Waals surface area contributed by atoms with E-state index in [1.807, 2.05) is 18.2 Å². The van der Waals surface area contributed by atoms with E-state index >= 15 is 4.39 Å². The zero-order valence-corrected chi connectivity index (χ0v) is 21.8. The monoisotopic (exact) mass is 511 g/mol. The summed E-state index contributed by atoms with van der Waals surface area (Å²) in [6, 6.07) is 9.21. The highest BCUT2D eigenvalue weighted by Crippen LogP contribution is 2.36. The maximum Gasteiger partial charge on any atom is 0.170 e. The van der Waals surface area contributed by atoms with Gasteiger partial charge in [-0.05, 0) is 54.8 Å². The Morgan fingerprint density at radius 3 is 2.66 bits per heavy atom. The lowest BCUT2D eigenvalue weighted by atomic mass is 9.95. The van der Waals surface area contributed by atoms with Crippen molar-refractivity contribution in [3.63, 3.8) is 0 Å². The highest BCUT2D eigenvalue weighted by molar-refractivity contribution is 7.81. The van der Waals surface area contributed by atoms with Crippen LogP contribution in [0.25, 0.3) is 22.0 Å². The molecule has 0 N–H and O–H groups in total. The van der Waals surface area contributed by atoms with Gasteiger partial charge >= 0.3 is 0 Å². The molecule has 0 saturated carbocycles. The van der Waals surface area contributed by atoms with Crippen LogP contribution in [0.4, 0.5) is 10.2 Å². The number of aromatic nitrogens is 2. The number of benzene rings is 2. The number of amidine groups is 1. The molecule has 1 saturated heterocycles. The molecule has 9 heteroatoms. The molecule has 0 spiro atoms. The molecule has 0 bridgehead atoms. The second kappa shape index (κ2) is 11.4. The fraction of sp³-hybridized carbons (Fsp3) is 0.385. The molecule has 1 aromatic heterocycles. The van der Waals surface area contributed by atoms with E-state index in [2.05, 4.69) is 70.8 Å². The van der Waals surface area contributed by atoms with Gasteiger partial charge in [-0.25, -0.2) is 19.4 Å². The average Bonchev–Trinajstić information content (AvgIpc) is 2.86. The highest BCUT2D eigenvalue weighted by atomic mass is 32.1. The van der Waals surface area contributed by atoms with E-state index in [0.717, 1.165) is 34.4 Å². The van der Waals surface area contributed by atoms with Crippen LogP contribution in [0.15, 0.2) is 51.7 Å². The molecule has 2 heterocycles. The third-order valence-corrected chi connectivity index (χ3v) is 6.93. The van der Waals surface area contributed by atoms with E-state index in [-0.39, 0.29) is 11.7 Å². The van der Waals surface area contributed by atoms with Gasteiger partial charge < -0.3 is 9.74 Å². The summed E-state index contributed by atoms with van der Waals surface area (Å²) in [6.07, 6.45) is 3.10. The fourth-order valence-corrected chi connectivity index (χ4v) is 4.98. The van der Waals surface area contributed by atoms with Crippen molar-refractivity contribution in [2.24, 2.45) is 22.0 Å². The smallest absolute Gasteiger partial charge is 0.170 e. The van der Waals surface area contributed by atoms with Gasteiger partial charge in [0, 0.05) is 35.2 Å². The lowest BCUT2D eigenvalue weighted by Gasteiger charge is -2.32. The first-order chi connectivity index (χ1) is 16.9. The van der Waals surface area contributed by atoms with Gasteiger partial charge in [0.05, 0.1) is 10.9 Å². The van der Waals surface area contributed by atoms with E-state index in [4.69, 9.17) is 4.84 Å². The molecule has 1 aliphatic rings. The lowest BCUT2D eigenvalue weighted by molar-refractivity contribution is 0.116. The van der Waals surface area contributed by atoms with Gasteiger partial charge in [-0.15, -0.1) is 12.6 Å². The second-order valence-electron chi connectivity index (χ2n) is 9.08. The molecule has 0 amide bonds. The van der Waals surface area contributed by atoms with Crippen LogP contribution in [0.5, 0.6) is 0 Å². The summed E-state index contributed by atoms with van der Waals surface area (Å²) in [5, 5.41) is 4.63. The molecule has 0 unspecified atom stereocenters. The quantitative estimate of drug-likeness (QED) is 0.175. The number of thiol groups is 2. The summed E-state index contributed by atoms with van der Waals surface area (Å²) >= 11 is 8.93. The molecule has 6 nitrogen and oxygen atoms in total. The maximum atomic E-state index is 15.2. The topological polar surface area (TPSA) is 63.0 Å². The van der Waals surface area contributed by atoms with Crippen molar-refractivity contribution in [3.05, 3.63) is 48.0 Å². The van der Waals surface area contributed by atoms with Crippen molar-refractivity contribution in [2.45, 2.75) is 37.3 Å². The van der Waals surface area contributed by atoms with Crippen LogP contribution in [0.1, 0.15) is 32.3 Å². The maximum absolute atomic E-state index is 15.2. The SMILES string of the molecule is C=N/C(=N\OCC(C)C)C1CCN(c2ncnc3c(-c4ccc(CS)c(S)c4)ccc(F)c23)CC1.